The van der Waals surface area contributed by atoms with E-state index < -0.39 is 11.9 Å². The lowest BCUT2D eigenvalue weighted by atomic mass is 10.1. The van der Waals surface area contributed by atoms with Crippen molar-refractivity contribution in [2.75, 3.05) is 17.2 Å². The van der Waals surface area contributed by atoms with Crippen molar-refractivity contribution >= 4 is 29.2 Å². The average molecular weight is 290 g/mol. The Hall–Kier alpha value is -2.63. The Morgan fingerprint density at radius 3 is 2.52 bits per heavy atom. The van der Waals surface area contributed by atoms with Gasteiger partial charge in [-0.1, -0.05) is 6.07 Å². The first-order chi connectivity index (χ1) is 9.92. The second-order valence-electron chi connectivity index (χ2n) is 4.29. The van der Waals surface area contributed by atoms with Crippen molar-refractivity contribution < 1.29 is 19.1 Å². The Balaban J connectivity index is 2.72. The fourth-order valence-corrected chi connectivity index (χ4v) is 1.54. The molecule has 0 aliphatic rings. The first kappa shape index (κ1) is 16.4. The largest absolute Gasteiger partial charge is 0.463 e. The smallest absolute Gasteiger partial charge is 0.330 e. The lowest BCUT2D eigenvalue weighted by molar-refractivity contribution is -0.137. The van der Waals surface area contributed by atoms with Crippen molar-refractivity contribution in [3.8, 4) is 0 Å². The molecule has 0 saturated heterocycles. The van der Waals surface area contributed by atoms with Gasteiger partial charge in [0.15, 0.2) is 0 Å². The SMILES string of the molecule is CCOC(=O)/C=C/C(=O)Nc1ccc(C)c(NC(C)=O)c1. The van der Waals surface area contributed by atoms with Crippen molar-refractivity contribution in [2.24, 2.45) is 0 Å². The van der Waals surface area contributed by atoms with E-state index >= 15 is 0 Å². The highest BCUT2D eigenvalue weighted by molar-refractivity contribution is 6.03. The van der Waals surface area contributed by atoms with Gasteiger partial charge in [0.25, 0.3) is 0 Å². The van der Waals surface area contributed by atoms with Crippen LogP contribution in [0, 0.1) is 6.92 Å². The molecular weight excluding hydrogens is 272 g/mol. The van der Waals surface area contributed by atoms with E-state index in [1.165, 1.54) is 6.92 Å². The minimum Gasteiger partial charge on any atom is -0.463 e. The van der Waals surface area contributed by atoms with Crippen LogP contribution in [0.4, 0.5) is 11.4 Å². The summed E-state index contributed by atoms with van der Waals surface area (Å²) in [5.74, 6) is -1.22. The molecule has 0 radical (unpaired) electrons. The number of nitrogens with one attached hydrogen (secondary N) is 2. The van der Waals surface area contributed by atoms with E-state index in [0.717, 1.165) is 17.7 Å². The summed E-state index contributed by atoms with van der Waals surface area (Å²) in [5, 5.41) is 5.27. The summed E-state index contributed by atoms with van der Waals surface area (Å²) in [4.78, 5) is 33.8. The predicted molar refractivity (Wildman–Crippen MR) is 79.9 cm³/mol. The molecule has 0 fully saturated rings. The number of hydrogen-bond donors (Lipinski definition) is 2. The summed E-state index contributed by atoms with van der Waals surface area (Å²) in [6.07, 6.45) is 2.15. The van der Waals surface area contributed by atoms with Gasteiger partial charge in [0.1, 0.15) is 0 Å². The summed E-state index contributed by atoms with van der Waals surface area (Å²) < 4.78 is 4.67. The number of hydrogen-bond acceptors (Lipinski definition) is 4. The van der Waals surface area contributed by atoms with Gasteiger partial charge in [0, 0.05) is 30.5 Å². The van der Waals surface area contributed by atoms with Crippen LogP contribution in [0.3, 0.4) is 0 Å². The molecule has 0 saturated carbocycles. The maximum absolute atomic E-state index is 11.6. The highest BCUT2D eigenvalue weighted by Crippen LogP contribution is 2.20. The molecule has 1 aromatic rings. The van der Waals surface area contributed by atoms with Gasteiger partial charge >= 0.3 is 5.97 Å². The van der Waals surface area contributed by atoms with Crippen LogP contribution in [0.25, 0.3) is 0 Å². The van der Waals surface area contributed by atoms with Crippen LogP contribution < -0.4 is 10.6 Å². The van der Waals surface area contributed by atoms with Gasteiger partial charge in [-0.3, -0.25) is 9.59 Å². The van der Waals surface area contributed by atoms with Crippen molar-refractivity contribution in [1.29, 1.82) is 0 Å². The number of rotatable bonds is 5. The number of carbonyl (C=O) groups excluding carboxylic acids is 3. The summed E-state index contributed by atoms with van der Waals surface area (Å²) in [6.45, 7) is 5.19. The summed E-state index contributed by atoms with van der Waals surface area (Å²) in [6, 6.07) is 5.12. The standard InChI is InChI=1S/C15H18N2O4/c1-4-21-15(20)8-7-14(19)17-12-6-5-10(2)13(9-12)16-11(3)18/h5-9H,4H2,1-3H3,(H,16,18)(H,17,19)/b8-7+. The lowest BCUT2D eigenvalue weighted by Gasteiger charge is -2.09. The van der Waals surface area contributed by atoms with Crippen molar-refractivity contribution in [3.05, 3.63) is 35.9 Å². The lowest BCUT2D eigenvalue weighted by Crippen LogP contribution is -2.11. The quantitative estimate of drug-likeness (QED) is 0.641. The number of benzene rings is 1. The van der Waals surface area contributed by atoms with Crippen molar-refractivity contribution in [1.82, 2.24) is 0 Å². The van der Waals surface area contributed by atoms with Gasteiger partial charge in [-0.25, -0.2) is 4.79 Å². The van der Waals surface area contributed by atoms with Gasteiger partial charge in [0.05, 0.1) is 6.61 Å². The molecule has 2 N–H and O–H groups in total. The highest BCUT2D eigenvalue weighted by atomic mass is 16.5. The molecule has 0 aliphatic heterocycles. The zero-order valence-corrected chi connectivity index (χ0v) is 12.2. The zero-order chi connectivity index (χ0) is 15.8. The Labute approximate surface area is 123 Å². The molecule has 2 amide bonds. The van der Waals surface area contributed by atoms with Crippen LogP contribution in [0.5, 0.6) is 0 Å². The molecule has 1 rings (SSSR count). The van der Waals surface area contributed by atoms with Crippen molar-refractivity contribution in [2.45, 2.75) is 20.8 Å². The van der Waals surface area contributed by atoms with Crippen molar-refractivity contribution in [3.63, 3.8) is 0 Å². The van der Waals surface area contributed by atoms with E-state index in [1.54, 1.807) is 25.1 Å². The molecule has 0 bridgehead atoms. The molecule has 112 valence electrons. The minimum atomic E-state index is -0.574. The number of anilines is 2. The fraction of sp³-hybridized carbons (Fsp3) is 0.267. The maximum Gasteiger partial charge on any atom is 0.330 e. The van der Waals surface area contributed by atoms with E-state index in [1.807, 2.05) is 6.92 Å². The van der Waals surface area contributed by atoms with Gasteiger partial charge in [-0.15, -0.1) is 0 Å². The molecule has 21 heavy (non-hydrogen) atoms. The molecule has 0 atom stereocenters. The van der Waals surface area contributed by atoms with Gasteiger partial charge in [-0.05, 0) is 31.5 Å². The molecule has 0 unspecified atom stereocenters. The first-order valence-electron chi connectivity index (χ1n) is 6.46. The van der Waals surface area contributed by atoms with E-state index in [4.69, 9.17) is 0 Å². The molecule has 6 heteroatoms. The monoisotopic (exact) mass is 290 g/mol. The Morgan fingerprint density at radius 2 is 1.90 bits per heavy atom. The Kier molecular flexibility index (Phi) is 6.13. The number of carbonyl (C=O) groups is 3. The normalized spacial score (nSPS) is 10.2. The van der Waals surface area contributed by atoms with Crippen LogP contribution in [0.2, 0.25) is 0 Å². The molecule has 0 heterocycles. The molecule has 6 nitrogen and oxygen atoms in total. The summed E-state index contributed by atoms with van der Waals surface area (Å²) >= 11 is 0. The third kappa shape index (κ3) is 5.90. The average Bonchev–Trinajstić information content (AvgIpc) is 2.40. The van der Waals surface area contributed by atoms with Crippen LogP contribution in [-0.2, 0) is 19.1 Å². The number of esters is 1. The summed E-state index contributed by atoms with van der Waals surface area (Å²) in [5.41, 5.74) is 2.02. The fourth-order valence-electron chi connectivity index (χ4n) is 1.54. The molecule has 0 spiro atoms. The topological polar surface area (TPSA) is 84.5 Å². The highest BCUT2D eigenvalue weighted by Gasteiger charge is 2.04. The maximum atomic E-state index is 11.6. The first-order valence-corrected chi connectivity index (χ1v) is 6.46. The van der Waals surface area contributed by atoms with E-state index in [-0.39, 0.29) is 12.5 Å². The second kappa shape index (κ2) is 7.84. The second-order valence-corrected chi connectivity index (χ2v) is 4.29. The van der Waals surface area contributed by atoms with E-state index in [9.17, 15) is 14.4 Å². The van der Waals surface area contributed by atoms with Gasteiger partial charge in [-0.2, -0.15) is 0 Å². The zero-order valence-electron chi connectivity index (χ0n) is 12.2. The van der Waals surface area contributed by atoms with Gasteiger partial charge < -0.3 is 15.4 Å². The van der Waals surface area contributed by atoms with Gasteiger partial charge in [0.2, 0.25) is 11.8 Å². The Morgan fingerprint density at radius 1 is 1.19 bits per heavy atom. The predicted octanol–water partition coefficient (Wildman–Crippen LogP) is 2.01. The minimum absolute atomic E-state index is 0.191. The number of ether oxygens (including phenoxy) is 1. The molecular formula is C15H18N2O4. The molecule has 0 aliphatic carbocycles. The third-order valence-corrected chi connectivity index (χ3v) is 2.47. The number of amides is 2. The van der Waals surface area contributed by atoms with Crippen LogP contribution in [-0.4, -0.2) is 24.4 Å². The van der Waals surface area contributed by atoms with E-state index in [2.05, 4.69) is 15.4 Å². The van der Waals surface area contributed by atoms with Crippen LogP contribution >= 0.6 is 0 Å². The summed E-state index contributed by atoms with van der Waals surface area (Å²) in [7, 11) is 0. The van der Waals surface area contributed by atoms with Crippen LogP contribution in [0.15, 0.2) is 30.4 Å². The molecule has 1 aromatic carbocycles. The van der Waals surface area contributed by atoms with Crippen LogP contribution in [0.1, 0.15) is 19.4 Å². The third-order valence-electron chi connectivity index (χ3n) is 2.47. The Bertz CT molecular complexity index is 579. The van der Waals surface area contributed by atoms with E-state index in [0.29, 0.717) is 11.4 Å². The number of aryl methyl sites for hydroxylation is 1. The molecule has 0 aromatic heterocycles.